The van der Waals surface area contributed by atoms with Crippen molar-refractivity contribution in [3.05, 3.63) is 0 Å². The summed E-state index contributed by atoms with van der Waals surface area (Å²) in [5, 5.41) is 3.63. The zero-order valence-corrected chi connectivity index (χ0v) is 10.2. The van der Waals surface area contributed by atoms with Crippen LogP contribution in [-0.4, -0.2) is 37.6 Å². The summed E-state index contributed by atoms with van der Waals surface area (Å²) in [5.41, 5.74) is 0. The molecule has 15 heavy (non-hydrogen) atoms. The number of piperidine rings is 1. The van der Waals surface area contributed by atoms with Crippen molar-refractivity contribution in [2.75, 3.05) is 26.7 Å². The molecule has 0 aromatic rings. The smallest absolute Gasteiger partial charge is 0.0104 e. The number of hydrogen-bond donors (Lipinski definition) is 1. The Bertz CT molecular complexity index is 177. The lowest BCUT2D eigenvalue weighted by Crippen LogP contribution is -2.39. The van der Waals surface area contributed by atoms with Crippen LogP contribution in [0.3, 0.4) is 0 Å². The highest BCUT2D eigenvalue weighted by atomic mass is 15.1. The van der Waals surface area contributed by atoms with Gasteiger partial charge in [0.1, 0.15) is 0 Å². The fourth-order valence-electron chi connectivity index (χ4n) is 2.78. The topological polar surface area (TPSA) is 15.3 Å². The van der Waals surface area contributed by atoms with E-state index in [9.17, 15) is 0 Å². The quantitative estimate of drug-likeness (QED) is 0.700. The van der Waals surface area contributed by atoms with Gasteiger partial charge in [-0.25, -0.2) is 0 Å². The molecule has 0 aromatic heterocycles. The Morgan fingerprint density at radius 1 is 1.13 bits per heavy atom. The van der Waals surface area contributed by atoms with Gasteiger partial charge >= 0.3 is 0 Å². The van der Waals surface area contributed by atoms with Gasteiger partial charge in [0.15, 0.2) is 0 Å². The summed E-state index contributed by atoms with van der Waals surface area (Å²) in [7, 11) is 2.29. The van der Waals surface area contributed by atoms with Gasteiger partial charge in [-0.05, 0) is 64.7 Å². The summed E-state index contributed by atoms with van der Waals surface area (Å²) in [5.74, 6) is 1.01. The Kier molecular flexibility index (Phi) is 4.45. The predicted octanol–water partition coefficient (Wildman–Crippen LogP) is 2.25. The average Bonchev–Trinajstić information content (AvgIpc) is 2.17. The van der Waals surface area contributed by atoms with Crippen LogP contribution in [0.25, 0.3) is 0 Å². The Hall–Kier alpha value is -0.0800. The van der Waals surface area contributed by atoms with Gasteiger partial charge in [0.2, 0.25) is 0 Å². The number of hydrogen-bond acceptors (Lipinski definition) is 2. The molecule has 0 aromatic carbocycles. The average molecular weight is 210 g/mol. The molecule has 0 spiro atoms. The molecule has 0 bridgehead atoms. The maximum Gasteiger partial charge on any atom is 0.0104 e. The molecule has 0 radical (unpaired) electrons. The summed E-state index contributed by atoms with van der Waals surface area (Å²) in [6.07, 6.45) is 10.0. The maximum atomic E-state index is 3.63. The number of nitrogens with zero attached hydrogens (tertiary/aromatic N) is 1. The van der Waals surface area contributed by atoms with E-state index in [1.54, 1.807) is 0 Å². The molecular formula is C13H26N2. The minimum absolute atomic E-state index is 0.854. The van der Waals surface area contributed by atoms with Crippen molar-refractivity contribution in [2.45, 2.75) is 51.0 Å². The minimum Gasteiger partial charge on any atom is -0.316 e. The highest BCUT2D eigenvalue weighted by molar-refractivity contribution is 4.76. The maximum absolute atomic E-state index is 3.63. The molecule has 2 fully saturated rings. The highest BCUT2D eigenvalue weighted by Crippen LogP contribution is 2.25. The van der Waals surface area contributed by atoms with Crippen molar-refractivity contribution >= 4 is 0 Å². The van der Waals surface area contributed by atoms with Crippen LogP contribution < -0.4 is 5.32 Å². The minimum atomic E-state index is 0.854. The van der Waals surface area contributed by atoms with Crippen LogP contribution in [0.5, 0.6) is 0 Å². The summed E-state index contributed by atoms with van der Waals surface area (Å²) >= 11 is 0. The van der Waals surface area contributed by atoms with E-state index in [1.165, 1.54) is 64.6 Å². The van der Waals surface area contributed by atoms with E-state index < -0.39 is 0 Å². The lowest BCUT2D eigenvalue weighted by molar-refractivity contribution is 0.174. The summed E-state index contributed by atoms with van der Waals surface area (Å²) in [6.45, 7) is 3.81. The third-order valence-electron chi connectivity index (χ3n) is 4.23. The van der Waals surface area contributed by atoms with E-state index in [0.717, 1.165) is 12.0 Å². The van der Waals surface area contributed by atoms with E-state index in [-0.39, 0.29) is 0 Å². The molecule has 2 rings (SSSR count). The second-order valence-electron chi connectivity index (χ2n) is 5.42. The summed E-state index contributed by atoms with van der Waals surface area (Å²) in [6, 6.07) is 0.854. The van der Waals surface area contributed by atoms with Crippen LogP contribution >= 0.6 is 0 Å². The molecule has 2 nitrogen and oxygen atoms in total. The second-order valence-corrected chi connectivity index (χ2v) is 5.42. The molecule has 1 saturated carbocycles. The van der Waals surface area contributed by atoms with Gasteiger partial charge in [0.25, 0.3) is 0 Å². The van der Waals surface area contributed by atoms with Gasteiger partial charge in [-0.3, -0.25) is 0 Å². The fourth-order valence-corrected chi connectivity index (χ4v) is 2.78. The van der Waals surface area contributed by atoms with Gasteiger partial charge < -0.3 is 10.2 Å². The van der Waals surface area contributed by atoms with Gasteiger partial charge in [-0.2, -0.15) is 0 Å². The van der Waals surface area contributed by atoms with E-state index in [1.807, 2.05) is 0 Å². The number of rotatable bonds is 5. The third-order valence-corrected chi connectivity index (χ3v) is 4.23. The zero-order valence-electron chi connectivity index (χ0n) is 10.2. The van der Waals surface area contributed by atoms with Gasteiger partial charge in [0, 0.05) is 6.04 Å². The van der Waals surface area contributed by atoms with Gasteiger partial charge in [-0.15, -0.1) is 0 Å². The summed E-state index contributed by atoms with van der Waals surface area (Å²) < 4.78 is 0. The second kappa shape index (κ2) is 5.86. The number of likely N-dealkylation sites (tertiary alicyclic amines) is 1. The van der Waals surface area contributed by atoms with E-state index in [4.69, 9.17) is 0 Å². The van der Waals surface area contributed by atoms with E-state index in [2.05, 4.69) is 17.3 Å². The molecular weight excluding hydrogens is 184 g/mol. The van der Waals surface area contributed by atoms with Crippen LogP contribution in [0.15, 0.2) is 0 Å². The van der Waals surface area contributed by atoms with Crippen LogP contribution in [0.2, 0.25) is 0 Å². The van der Waals surface area contributed by atoms with Crippen LogP contribution in [0.4, 0.5) is 0 Å². The first kappa shape index (κ1) is 11.4. The molecule has 2 aliphatic rings. The largest absolute Gasteiger partial charge is 0.316 e. The van der Waals surface area contributed by atoms with Crippen LogP contribution in [0, 0.1) is 5.92 Å². The Balaban J connectivity index is 1.52. The molecule has 88 valence electrons. The molecule has 1 atom stereocenters. The van der Waals surface area contributed by atoms with Crippen molar-refractivity contribution in [1.82, 2.24) is 10.2 Å². The van der Waals surface area contributed by atoms with Crippen molar-refractivity contribution in [2.24, 2.45) is 5.92 Å². The molecule has 0 amide bonds. The van der Waals surface area contributed by atoms with Crippen LogP contribution in [0.1, 0.15) is 44.9 Å². The van der Waals surface area contributed by atoms with Crippen molar-refractivity contribution < 1.29 is 0 Å². The molecule has 1 saturated heterocycles. The highest BCUT2D eigenvalue weighted by Gasteiger charge is 2.19. The molecule has 1 aliphatic heterocycles. The van der Waals surface area contributed by atoms with Crippen molar-refractivity contribution in [1.29, 1.82) is 0 Å². The summed E-state index contributed by atoms with van der Waals surface area (Å²) in [4.78, 5) is 2.55. The van der Waals surface area contributed by atoms with E-state index in [0.29, 0.717) is 0 Å². The molecule has 1 unspecified atom stereocenters. The van der Waals surface area contributed by atoms with Crippen molar-refractivity contribution in [3.8, 4) is 0 Å². The molecule has 1 heterocycles. The fraction of sp³-hybridized carbons (Fsp3) is 1.00. The predicted molar refractivity (Wildman–Crippen MR) is 65.1 cm³/mol. The Morgan fingerprint density at radius 2 is 2.00 bits per heavy atom. The number of nitrogens with one attached hydrogen (secondary N) is 1. The lowest BCUT2D eigenvalue weighted by Gasteiger charge is -2.33. The Labute approximate surface area is 94.4 Å². The first-order valence-corrected chi connectivity index (χ1v) is 6.77. The SMILES string of the molecule is CN1CCCCC1CCNCC1CCC1. The molecule has 1 aliphatic carbocycles. The first-order chi connectivity index (χ1) is 7.36. The lowest BCUT2D eigenvalue weighted by atomic mass is 9.85. The zero-order chi connectivity index (χ0) is 10.5. The van der Waals surface area contributed by atoms with E-state index >= 15 is 0 Å². The standard InChI is InChI=1S/C13H26N2/c1-15-10-3-2-7-13(15)8-9-14-11-12-5-4-6-12/h12-14H,2-11H2,1H3. The van der Waals surface area contributed by atoms with Crippen LogP contribution in [-0.2, 0) is 0 Å². The first-order valence-electron chi connectivity index (χ1n) is 6.77. The molecule has 1 N–H and O–H groups in total. The van der Waals surface area contributed by atoms with Gasteiger partial charge in [-0.1, -0.05) is 12.8 Å². The monoisotopic (exact) mass is 210 g/mol. The Morgan fingerprint density at radius 3 is 2.67 bits per heavy atom. The van der Waals surface area contributed by atoms with Crippen molar-refractivity contribution in [3.63, 3.8) is 0 Å². The normalized spacial score (nSPS) is 29.0. The molecule has 2 heteroatoms. The third kappa shape index (κ3) is 3.46. The van der Waals surface area contributed by atoms with Gasteiger partial charge in [0.05, 0.1) is 0 Å².